The fourth-order valence-electron chi connectivity index (χ4n) is 4.86. The number of fused-ring (bicyclic) bond motifs is 1. The van der Waals surface area contributed by atoms with Gasteiger partial charge in [0.15, 0.2) is 0 Å². The lowest BCUT2D eigenvalue weighted by Crippen LogP contribution is -2.51. The molecule has 1 N–H and O–H groups in total. The van der Waals surface area contributed by atoms with Crippen molar-refractivity contribution in [1.29, 1.82) is 0 Å². The van der Waals surface area contributed by atoms with Crippen LogP contribution >= 0.6 is 0 Å². The Kier molecular flexibility index (Phi) is 5.81. The molecule has 3 aliphatic rings. The fraction of sp³-hybridized carbons (Fsp3) is 0.565. The largest absolute Gasteiger partial charge is 0.381 e. The van der Waals surface area contributed by atoms with Crippen LogP contribution in [0.2, 0.25) is 0 Å². The van der Waals surface area contributed by atoms with Crippen LogP contribution in [0.15, 0.2) is 42.1 Å². The number of hydrogen-bond acceptors (Lipinski definition) is 3. The van der Waals surface area contributed by atoms with Crippen molar-refractivity contribution < 1.29 is 14.3 Å². The SMILES string of the molecule is O=C(NCC12CCCC=C1N(Cc1ccccc1)C(=O)CC2)C1CCOCC1. The molecule has 2 heterocycles. The summed E-state index contributed by atoms with van der Waals surface area (Å²) in [5, 5.41) is 3.24. The number of nitrogens with zero attached hydrogens (tertiary/aromatic N) is 1. The third-order valence-corrected chi connectivity index (χ3v) is 6.53. The molecule has 1 aliphatic carbocycles. The number of piperidine rings is 1. The summed E-state index contributed by atoms with van der Waals surface area (Å²) in [4.78, 5) is 27.4. The van der Waals surface area contributed by atoms with Crippen LogP contribution in [0.4, 0.5) is 0 Å². The normalized spacial score (nSPS) is 25.8. The van der Waals surface area contributed by atoms with Crippen LogP contribution in [0.5, 0.6) is 0 Å². The van der Waals surface area contributed by atoms with Gasteiger partial charge in [-0.1, -0.05) is 36.4 Å². The van der Waals surface area contributed by atoms with E-state index in [2.05, 4.69) is 23.5 Å². The third-order valence-electron chi connectivity index (χ3n) is 6.53. The van der Waals surface area contributed by atoms with Crippen LogP contribution in [0.1, 0.15) is 50.5 Å². The van der Waals surface area contributed by atoms with Crippen molar-refractivity contribution in [3.05, 3.63) is 47.7 Å². The van der Waals surface area contributed by atoms with Crippen LogP contribution in [-0.2, 0) is 20.9 Å². The van der Waals surface area contributed by atoms with Crippen LogP contribution in [0.25, 0.3) is 0 Å². The summed E-state index contributed by atoms with van der Waals surface area (Å²) in [6, 6.07) is 10.2. The summed E-state index contributed by atoms with van der Waals surface area (Å²) in [5.74, 6) is 0.407. The van der Waals surface area contributed by atoms with Gasteiger partial charge < -0.3 is 15.0 Å². The van der Waals surface area contributed by atoms with Crippen molar-refractivity contribution in [3.8, 4) is 0 Å². The molecule has 1 aromatic carbocycles. The molecule has 28 heavy (non-hydrogen) atoms. The number of nitrogens with one attached hydrogen (secondary N) is 1. The minimum atomic E-state index is -0.109. The first-order valence-corrected chi connectivity index (χ1v) is 10.6. The maximum absolute atomic E-state index is 12.8. The number of hydrogen-bond donors (Lipinski definition) is 1. The monoisotopic (exact) mass is 382 g/mol. The van der Waals surface area contributed by atoms with E-state index in [1.54, 1.807) is 0 Å². The highest BCUT2D eigenvalue weighted by Gasteiger charge is 2.44. The van der Waals surface area contributed by atoms with Gasteiger partial charge in [-0.05, 0) is 44.1 Å². The van der Waals surface area contributed by atoms with Crippen LogP contribution < -0.4 is 5.32 Å². The first kappa shape index (κ1) is 19.2. The average Bonchev–Trinajstić information content (AvgIpc) is 2.76. The van der Waals surface area contributed by atoms with Gasteiger partial charge in [0.25, 0.3) is 0 Å². The minimum absolute atomic E-state index is 0.0619. The molecule has 4 rings (SSSR count). The molecule has 0 aromatic heterocycles. The van der Waals surface area contributed by atoms with E-state index < -0.39 is 0 Å². The Morgan fingerprint density at radius 2 is 1.96 bits per heavy atom. The van der Waals surface area contributed by atoms with E-state index >= 15 is 0 Å². The number of carbonyl (C=O) groups excluding carboxylic acids is 2. The summed E-state index contributed by atoms with van der Waals surface area (Å²) >= 11 is 0. The average molecular weight is 383 g/mol. The second-order valence-corrected chi connectivity index (χ2v) is 8.33. The fourth-order valence-corrected chi connectivity index (χ4v) is 4.86. The van der Waals surface area contributed by atoms with E-state index in [9.17, 15) is 9.59 Å². The Labute approximate surface area is 167 Å². The van der Waals surface area contributed by atoms with E-state index in [-0.39, 0.29) is 23.1 Å². The van der Waals surface area contributed by atoms with Gasteiger partial charge in [0.05, 0.1) is 6.54 Å². The zero-order valence-corrected chi connectivity index (χ0v) is 16.5. The highest BCUT2D eigenvalue weighted by molar-refractivity contribution is 5.81. The van der Waals surface area contributed by atoms with Crippen molar-refractivity contribution in [1.82, 2.24) is 10.2 Å². The quantitative estimate of drug-likeness (QED) is 0.849. The molecular formula is C23H30N2O3. The van der Waals surface area contributed by atoms with Gasteiger partial charge in [-0.2, -0.15) is 0 Å². The summed E-state index contributed by atoms with van der Waals surface area (Å²) in [6.45, 7) is 2.59. The van der Waals surface area contributed by atoms with Gasteiger partial charge in [0.2, 0.25) is 11.8 Å². The van der Waals surface area contributed by atoms with Gasteiger partial charge >= 0.3 is 0 Å². The van der Waals surface area contributed by atoms with Crippen LogP contribution in [-0.4, -0.2) is 36.5 Å². The zero-order chi connectivity index (χ0) is 19.4. The molecule has 150 valence electrons. The van der Waals surface area contributed by atoms with Crippen LogP contribution in [0.3, 0.4) is 0 Å². The molecule has 5 nitrogen and oxygen atoms in total. The van der Waals surface area contributed by atoms with E-state index in [4.69, 9.17) is 4.74 Å². The predicted molar refractivity (Wildman–Crippen MR) is 107 cm³/mol. The molecule has 2 amide bonds. The zero-order valence-electron chi connectivity index (χ0n) is 16.5. The molecule has 2 saturated heterocycles. The maximum Gasteiger partial charge on any atom is 0.227 e. The van der Waals surface area contributed by atoms with Crippen molar-refractivity contribution in [2.24, 2.45) is 11.3 Å². The van der Waals surface area contributed by atoms with Crippen molar-refractivity contribution in [2.45, 2.75) is 51.5 Å². The first-order chi connectivity index (χ1) is 13.7. The molecule has 0 radical (unpaired) electrons. The third kappa shape index (κ3) is 4.00. The van der Waals surface area contributed by atoms with E-state index in [1.807, 2.05) is 23.1 Å². The Morgan fingerprint density at radius 1 is 1.18 bits per heavy atom. The van der Waals surface area contributed by atoms with Gasteiger partial charge in [-0.25, -0.2) is 0 Å². The standard InChI is InChI=1S/C23H30N2O3/c26-21-9-13-23(17-24-22(27)19-10-14-28-15-11-19)12-5-4-8-20(23)25(21)16-18-6-2-1-3-7-18/h1-3,6-8,19H,4-5,9-17H2,(H,24,27). The van der Waals surface area contributed by atoms with E-state index in [0.717, 1.165) is 49.8 Å². The predicted octanol–water partition coefficient (Wildman–Crippen LogP) is 3.41. The number of ether oxygens (including phenoxy) is 1. The molecule has 1 aromatic rings. The molecule has 0 saturated carbocycles. The smallest absolute Gasteiger partial charge is 0.227 e. The summed E-state index contributed by atoms with van der Waals surface area (Å²) in [5.41, 5.74) is 2.16. The summed E-state index contributed by atoms with van der Waals surface area (Å²) in [6.07, 6.45) is 8.39. The van der Waals surface area contributed by atoms with Crippen molar-refractivity contribution >= 4 is 11.8 Å². The topological polar surface area (TPSA) is 58.6 Å². The number of allylic oxidation sites excluding steroid dienone is 1. The van der Waals surface area contributed by atoms with Gasteiger partial charge in [-0.15, -0.1) is 0 Å². The molecule has 2 fully saturated rings. The molecule has 1 unspecified atom stereocenters. The Hall–Kier alpha value is -2.14. The lowest BCUT2D eigenvalue weighted by atomic mass is 9.69. The molecule has 0 bridgehead atoms. The molecular weight excluding hydrogens is 352 g/mol. The number of rotatable bonds is 5. The molecule has 0 spiro atoms. The Bertz CT molecular complexity index is 739. The van der Waals surface area contributed by atoms with Gasteiger partial charge in [0.1, 0.15) is 0 Å². The van der Waals surface area contributed by atoms with Gasteiger partial charge in [0, 0.05) is 43.2 Å². The Balaban J connectivity index is 1.49. The first-order valence-electron chi connectivity index (χ1n) is 10.6. The molecule has 1 atom stereocenters. The van der Waals surface area contributed by atoms with E-state index in [0.29, 0.717) is 32.7 Å². The minimum Gasteiger partial charge on any atom is -0.381 e. The highest BCUT2D eigenvalue weighted by atomic mass is 16.5. The Morgan fingerprint density at radius 3 is 2.75 bits per heavy atom. The number of amides is 2. The molecule has 5 heteroatoms. The van der Waals surface area contributed by atoms with Gasteiger partial charge in [-0.3, -0.25) is 9.59 Å². The van der Waals surface area contributed by atoms with Crippen molar-refractivity contribution in [2.75, 3.05) is 19.8 Å². The van der Waals surface area contributed by atoms with Crippen molar-refractivity contribution in [3.63, 3.8) is 0 Å². The highest BCUT2D eigenvalue weighted by Crippen LogP contribution is 2.46. The lowest BCUT2D eigenvalue weighted by molar-refractivity contribution is -0.134. The lowest BCUT2D eigenvalue weighted by Gasteiger charge is -2.47. The number of benzene rings is 1. The maximum atomic E-state index is 12.8. The molecule has 2 aliphatic heterocycles. The van der Waals surface area contributed by atoms with Crippen LogP contribution in [0, 0.1) is 11.3 Å². The number of likely N-dealkylation sites (tertiary alicyclic amines) is 1. The second-order valence-electron chi connectivity index (χ2n) is 8.33. The number of carbonyl (C=O) groups is 2. The summed E-state index contributed by atoms with van der Waals surface area (Å²) in [7, 11) is 0. The second kappa shape index (κ2) is 8.48. The summed E-state index contributed by atoms with van der Waals surface area (Å²) < 4.78 is 5.38. The van der Waals surface area contributed by atoms with E-state index in [1.165, 1.54) is 0 Å².